The van der Waals surface area contributed by atoms with Gasteiger partial charge in [-0.2, -0.15) is 0 Å². The van der Waals surface area contributed by atoms with E-state index < -0.39 is 5.97 Å². The molecule has 0 saturated carbocycles. The van der Waals surface area contributed by atoms with Gasteiger partial charge in [-0.3, -0.25) is 4.79 Å². The first-order valence-electron chi connectivity index (χ1n) is 5.57. The molecule has 0 spiro atoms. The summed E-state index contributed by atoms with van der Waals surface area (Å²) in [6.07, 6.45) is 7.42. The fourth-order valence-corrected chi connectivity index (χ4v) is 1.32. The Morgan fingerprint density at radius 2 is 2.06 bits per heavy atom. The van der Waals surface area contributed by atoms with Crippen molar-refractivity contribution in [3.8, 4) is 12.3 Å². The first-order chi connectivity index (χ1) is 8.65. The van der Waals surface area contributed by atoms with Gasteiger partial charge in [-0.15, -0.1) is 12.3 Å². The molecule has 5 nitrogen and oxygen atoms in total. The number of carbonyl (C=O) groups excluding carboxylic acids is 1. The minimum absolute atomic E-state index is 0.104. The third-order valence-corrected chi connectivity index (χ3v) is 2.23. The largest absolute Gasteiger partial charge is 0.477 e. The molecule has 0 aliphatic rings. The number of nitrogens with one attached hydrogen (secondary N) is 1. The molecule has 5 heteroatoms. The fourth-order valence-electron chi connectivity index (χ4n) is 1.32. The molecular formula is C13H14N2O3. The molecule has 1 aromatic heterocycles. The Labute approximate surface area is 105 Å². The number of nitrogens with zero attached hydrogens (tertiary/aromatic N) is 1. The van der Waals surface area contributed by atoms with Crippen LogP contribution < -0.4 is 5.32 Å². The summed E-state index contributed by atoms with van der Waals surface area (Å²) >= 11 is 0. The molecule has 1 amide bonds. The van der Waals surface area contributed by atoms with E-state index in [9.17, 15) is 9.59 Å². The number of amides is 1. The molecule has 0 radical (unpaired) electrons. The van der Waals surface area contributed by atoms with Gasteiger partial charge in [0.25, 0.3) is 5.91 Å². The normalized spacial score (nSPS) is 9.50. The van der Waals surface area contributed by atoms with E-state index in [1.165, 1.54) is 18.2 Å². The third-order valence-electron chi connectivity index (χ3n) is 2.23. The predicted molar refractivity (Wildman–Crippen MR) is 66.2 cm³/mol. The van der Waals surface area contributed by atoms with Crippen LogP contribution in [-0.4, -0.2) is 28.5 Å². The summed E-state index contributed by atoms with van der Waals surface area (Å²) in [5.41, 5.74) is -0.0400. The van der Waals surface area contributed by atoms with Gasteiger partial charge in [0.1, 0.15) is 11.4 Å². The van der Waals surface area contributed by atoms with Crippen molar-refractivity contribution in [1.29, 1.82) is 0 Å². The molecule has 94 valence electrons. The molecule has 0 atom stereocenters. The first-order valence-corrected chi connectivity index (χ1v) is 5.57. The molecule has 0 fully saturated rings. The second-order valence-electron chi connectivity index (χ2n) is 3.63. The van der Waals surface area contributed by atoms with Crippen molar-refractivity contribution in [2.75, 3.05) is 6.54 Å². The lowest BCUT2D eigenvalue weighted by atomic mass is 10.2. The number of carboxylic acid groups (broad SMARTS) is 1. The number of rotatable bonds is 6. The molecule has 0 aromatic carbocycles. The van der Waals surface area contributed by atoms with E-state index in [1.54, 1.807) is 0 Å². The molecule has 1 aromatic rings. The van der Waals surface area contributed by atoms with E-state index in [-0.39, 0.29) is 17.3 Å². The quantitative estimate of drug-likeness (QED) is 0.586. The molecule has 18 heavy (non-hydrogen) atoms. The van der Waals surface area contributed by atoms with Crippen LogP contribution in [0.4, 0.5) is 0 Å². The van der Waals surface area contributed by atoms with Crippen LogP contribution >= 0.6 is 0 Å². The van der Waals surface area contributed by atoms with Crippen LogP contribution in [0.3, 0.4) is 0 Å². The van der Waals surface area contributed by atoms with Gasteiger partial charge < -0.3 is 10.4 Å². The average molecular weight is 246 g/mol. The average Bonchev–Trinajstić information content (AvgIpc) is 2.38. The Kier molecular flexibility index (Phi) is 5.39. The number of hydrogen-bond donors (Lipinski definition) is 2. The molecule has 1 rings (SSSR count). The number of carbonyl (C=O) groups is 2. The summed E-state index contributed by atoms with van der Waals surface area (Å²) in [5.74, 6) is 0.987. The van der Waals surface area contributed by atoms with E-state index in [1.807, 2.05) is 0 Å². The van der Waals surface area contributed by atoms with Crippen LogP contribution in [0, 0.1) is 12.3 Å². The minimum atomic E-state index is -1.15. The van der Waals surface area contributed by atoms with Crippen LogP contribution in [-0.2, 0) is 0 Å². The highest BCUT2D eigenvalue weighted by molar-refractivity contribution is 5.94. The predicted octanol–water partition coefficient (Wildman–Crippen LogP) is 1.31. The van der Waals surface area contributed by atoms with Crippen LogP contribution in [0.2, 0.25) is 0 Å². The zero-order valence-corrected chi connectivity index (χ0v) is 9.85. The van der Waals surface area contributed by atoms with E-state index in [2.05, 4.69) is 16.2 Å². The van der Waals surface area contributed by atoms with Gasteiger partial charge in [0.2, 0.25) is 0 Å². The van der Waals surface area contributed by atoms with Gasteiger partial charge >= 0.3 is 5.97 Å². The van der Waals surface area contributed by atoms with E-state index in [4.69, 9.17) is 11.5 Å². The van der Waals surface area contributed by atoms with Crippen molar-refractivity contribution in [3.05, 3.63) is 29.6 Å². The molecule has 2 N–H and O–H groups in total. The minimum Gasteiger partial charge on any atom is -0.477 e. The SMILES string of the molecule is C#CCCCCNC(=O)c1cccc(C(=O)O)n1. The number of hydrogen-bond acceptors (Lipinski definition) is 3. The zero-order chi connectivity index (χ0) is 13.4. The van der Waals surface area contributed by atoms with Crippen molar-refractivity contribution >= 4 is 11.9 Å². The van der Waals surface area contributed by atoms with Gasteiger partial charge in [0.05, 0.1) is 0 Å². The highest BCUT2D eigenvalue weighted by Gasteiger charge is 2.10. The van der Waals surface area contributed by atoms with Gasteiger partial charge in [-0.05, 0) is 25.0 Å². The smallest absolute Gasteiger partial charge is 0.354 e. The van der Waals surface area contributed by atoms with Crippen LogP contribution in [0.15, 0.2) is 18.2 Å². The summed E-state index contributed by atoms with van der Waals surface area (Å²) in [6, 6.07) is 4.30. The monoisotopic (exact) mass is 246 g/mol. The number of pyridine rings is 1. The number of terminal acetylenes is 1. The van der Waals surface area contributed by atoms with Gasteiger partial charge in [-0.25, -0.2) is 9.78 Å². The number of carboxylic acids is 1. The van der Waals surface area contributed by atoms with E-state index in [0.29, 0.717) is 13.0 Å². The number of aromatic carboxylic acids is 1. The van der Waals surface area contributed by atoms with Crippen molar-refractivity contribution in [3.63, 3.8) is 0 Å². The maximum Gasteiger partial charge on any atom is 0.354 e. The lowest BCUT2D eigenvalue weighted by Gasteiger charge is -2.04. The lowest BCUT2D eigenvalue weighted by molar-refractivity contribution is 0.0690. The van der Waals surface area contributed by atoms with Gasteiger partial charge in [0.15, 0.2) is 0 Å². The Morgan fingerprint density at radius 3 is 2.72 bits per heavy atom. The molecule has 0 bridgehead atoms. The molecule has 0 saturated heterocycles. The Hall–Kier alpha value is -2.35. The number of unbranched alkanes of at least 4 members (excludes halogenated alkanes) is 2. The van der Waals surface area contributed by atoms with E-state index in [0.717, 1.165) is 12.8 Å². The van der Waals surface area contributed by atoms with Crippen LogP contribution in [0.25, 0.3) is 0 Å². The second kappa shape index (κ2) is 7.07. The Morgan fingerprint density at radius 1 is 1.33 bits per heavy atom. The van der Waals surface area contributed by atoms with E-state index >= 15 is 0 Å². The Bertz CT molecular complexity index is 477. The molecule has 1 heterocycles. The van der Waals surface area contributed by atoms with Crippen molar-refractivity contribution in [2.24, 2.45) is 0 Å². The maximum absolute atomic E-state index is 11.6. The summed E-state index contributed by atoms with van der Waals surface area (Å²) in [6.45, 7) is 0.499. The van der Waals surface area contributed by atoms with Crippen molar-refractivity contribution in [2.45, 2.75) is 19.3 Å². The fraction of sp³-hybridized carbons (Fsp3) is 0.308. The molecule has 0 unspecified atom stereocenters. The van der Waals surface area contributed by atoms with Crippen LogP contribution in [0.5, 0.6) is 0 Å². The number of aromatic nitrogens is 1. The van der Waals surface area contributed by atoms with Crippen molar-refractivity contribution in [1.82, 2.24) is 10.3 Å². The summed E-state index contributed by atoms with van der Waals surface area (Å²) < 4.78 is 0. The third kappa shape index (κ3) is 4.26. The maximum atomic E-state index is 11.6. The zero-order valence-electron chi connectivity index (χ0n) is 9.85. The summed E-state index contributed by atoms with van der Waals surface area (Å²) in [4.78, 5) is 26.1. The second-order valence-corrected chi connectivity index (χ2v) is 3.63. The van der Waals surface area contributed by atoms with Crippen molar-refractivity contribution < 1.29 is 14.7 Å². The van der Waals surface area contributed by atoms with Gasteiger partial charge in [0, 0.05) is 13.0 Å². The summed E-state index contributed by atoms with van der Waals surface area (Å²) in [7, 11) is 0. The first kappa shape index (κ1) is 13.7. The molecular weight excluding hydrogens is 232 g/mol. The summed E-state index contributed by atoms with van der Waals surface area (Å²) in [5, 5.41) is 11.4. The highest BCUT2D eigenvalue weighted by Crippen LogP contribution is 2.00. The van der Waals surface area contributed by atoms with Gasteiger partial charge in [-0.1, -0.05) is 6.07 Å². The standard InChI is InChI=1S/C13H14N2O3/c1-2-3-4-5-9-14-12(16)10-7-6-8-11(15-10)13(17)18/h1,6-8H,3-5,9H2,(H,14,16)(H,17,18). The highest BCUT2D eigenvalue weighted by atomic mass is 16.4. The topological polar surface area (TPSA) is 79.3 Å². The lowest BCUT2D eigenvalue weighted by Crippen LogP contribution is -2.25. The Balaban J connectivity index is 2.49. The molecule has 0 aliphatic carbocycles. The van der Waals surface area contributed by atoms with Crippen LogP contribution in [0.1, 0.15) is 40.2 Å². The molecule has 0 aliphatic heterocycles.